The van der Waals surface area contributed by atoms with Crippen LogP contribution in [0.15, 0.2) is 23.1 Å². The lowest BCUT2D eigenvalue weighted by Crippen LogP contribution is -2.45. The molecule has 0 saturated carbocycles. The van der Waals surface area contributed by atoms with Gasteiger partial charge in [-0.3, -0.25) is 0 Å². The number of sulfonamides is 1. The van der Waals surface area contributed by atoms with Gasteiger partial charge in [-0.25, -0.2) is 8.42 Å². The molecule has 1 aromatic rings. The van der Waals surface area contributed by atoms with Gasteiger partial charge in [-0.05, 0) is 37.5 Å². The molecule has 19 heavy (non-hydrogen) atoms. The van der Waals surface area contributed by atoms with E-state index in [1.165, 1.54) is 10.4 Å². The minimum Gasteiger partial charge on any atom is -0.327 e. The number of benzene rings is 1. The fourth-order valence-electron chi connectivity index (χ4n) is 2.28. The minimum atomic E-state index is -3.56. The Morgan fingerprint density at radius 3 is 2.84 bits per heavy atom. The van der Waals surface area contributed by atoms with Gasteiger partial charge in [0.25, 0.3) is 0 Å². The molecule has 2 rings (SSSR count). The average molecular weight is 279 g/mol. The quantitative estimate of drug-likeness (QED) is 0.874. The van der Waals surface area contributed by atoms with Crippen LogP contribution in [0.1, 0.15) is 24.0 Å². The Kier molecular flexibility index (Phi) is 3.90. The van der Waals surface area contributed by atoms with Crippen molar-refractivity contribution in [2.75, 3.05) is 13.1 Å². The van der Waals surface area contributed by atoms with Crippen molar-refractivity contribution in [2.24, 2.45) is 5.73 Å². The summed E-state index contributed by atoms with van der Waals surface area (Å²) in [7, 11) is -3.56. The molecule has 1 atom stereocenters. The topological polar surface area (TPSA) is 87.2 Å². The normalized spacial score (nSPS) is 21.0. The highest BCUT2D eigenvalue weighted by atomic mass is 32.2. The largest absolute Gasteiger partial charge is 0.327 e. The lowest BCUT2D eigenvalue weighted by atomic mass is 10.1. The van der Waals surface area contributed by atoms with Gasteiger partial charge in [0.2, 0.25) is 10.0 Å². The lowest BCUT2D eigenvalue weighted by molar-refractivity contribution is 0.316. The zero-order valence-electron chi connectivity index (χ0n) is 10.8. The Hall–Kier alpha value is -1.42. The molecular formula is C13H17N3O2S. The summed E-state index contributed by atoms with van der Waals surface area (Å²) >= 11 is 0. The van der Waals surface area contributed by atoms with Gasteiger partial charge in [-0.1, -0.05) is 6.07 Å². The summed E-state index contributed by atoms with van der Waals surface area (Å²) in [5.41, 5.74) is 6.84. The van der Waals surface area contributed by atoms with Gasteiger partial charge in [0.1, 0.15) is 0 Å². The van der Waals surface area contributed by atoms with Crippen molar-refractivity contribution < 1.29 is 8.42 Å². The van der Waals surface area contributed by atoms with Crippen LogP contribution in [-0.4, -0.2) is 31.9 Å². The van der Waals surface area contributed by atoms with Crippen molar-refractivity contribution in [1.29, 1.82) is 5.26 Å². The van der Waals surface area contributed by atoms with Gasteiger partial charge in [-0.15, -0.1) is 0 Å². The van der Waals surface area contributed by atoms with E-state index in [4.69, 9.17) is 11.0 Å². The van der Waals surface area contributed by atoms with E-state index < -0.39 is 10.0 Å². The maximum Gasteiger partial charge on any atom is 0.243 e. The molecule has 1 aromatic carbocycles. The second-order valence-electron chi connectivity index (χ2n) is 4.86. The summed E-state index contributed by atoms with van der Waals surface area (Å²) in [5, 5.41) is 8.89. The first-order valence-electron chi connectivity index (χ1n) is 6.21. The lowest BCUT2D eigenvalue weighted by Gasteiger charge is -2.30. The van der Waals surface area contributed by atoms with E-state index in [1.807, 2.05) is 6.07 Å². The molecule has 0 radical (unpaired) electrons. The fourth-order valence-corrected chi connectivity index (χ4v) is 4.07. The predicted molar refractivity (Wildman–Crippen MR) is 71.9 cm³/mol. The third-order valence-corrected chi connectivity index (χ3v) is 5.36. The van der Waals surface area contributed by atoms with Crippen LogP contribution in [0.4, 0.5) is 0 Å². The molecule has 1 heterocycles. The Balaban J connectivity index is 2.42. The van der Waals surface area contributed by atoms with Crippen molar-refractivity contribution in [3.05, 3.63) is 29.3 Å². The predicted octanol–water partition coefficient (Wildman–Crippen LogP) is 0.978. The first-order valence-corrected chi connectivity index (χ1v) is 7.65. The van der Waals surface area contributed by atoms with E-state index in [9.17, 15) is 8.42 Å². The van der Waals surface area contributed by atoms with E-state index >= 15 is 0 Å². The van der Waals surface area contributed by atoms with Crippen LogP contribution in [0.25, 0.3) is 0 Å². The molecule has 0 bridgehead atoms. The van der Waals surface area contributed by atoms with Gasteiger partial charge in [0.05, 0.1) is 16.5 Å². The third-order valence-electron chi connectivity index (χ3n) is 3.36. The third kappa shape index (κ3) is 2.78. The van der Waals surface area contributed by atoms with E-state index in [-0.39, 0.29) is 10.9 Å². The number of nitriles is 1. The van der Waals surface area contributed by atoms with Gasteiger partial charge in [0.15, 0.2) is 0 Å². The number of hydrogen-bond donors (Lipinski definition) is 1. The fraction of sp³-hybridized carbons (Fsp3) is 0.462. The number of rotatable bonds is 2. The van der Waals surface area contributed by atoms with Crippen LogP contribution in [0.5, 0.6) is 0 Å². The highest BCUT2D eigenvalue weighted by Gasteiger charge is 2.30. The van der Waals surface area contributed by atoms with E-state index in [0.29, 0.717) is 24.2 Å². The van der Waals surface area contributed by atoms with Gasteiger partial charge in [-0.2, -0.15) is 9.57 Å². The van der Waals surface area contributed by atoms with Crippen LogP contribution in [0.3, 0.4) is 0 Å². The molecule has 5 nitrogen and oxygen atoms in total. The Morgan fingerprint density at radius 2 is 2.21 bits per heavy atom. The van der Waals surface area contributed by atoms with Crippen LogP contribution in [0.2, 0.25) is 0 Å². The number of piperidine rings is 1. The molecule has 1 unspecified atom stereocenters. The highest BCUT2D eigenvalue weighted by Crippen LogP contribution is 2.23. The standard InChI is InChI=1S/C13H17N3O2S/c1-10-4-5-11(8-14)7-13(10)19(17,18)16-6-2-3-12(15)9-16/h4-5,7,12H,2-3,6,9,15H2,1H3. The average Bonchev–Trinajstić information content (AvgIpc) is 2.39. The number of hydrogen-bond acceptors (Lipinski definition) is 4. The summed E-state index contributed by atoms with van der Waals surface area (Å²) < 4.78 is 26.6. The number of aryl methyl sites for hydroxylation is 1. The van der Waals surface area contributed by atoms with Crippen molar-refractivity contribution in [2.45, 2.75) is 30.7 Å². The molecular weight excluding hydrogens is 262 g/mol. The summed E-state index contributed by atoms with van der Waals surface area (Å²) in [4.78, 5) is 0.209. The molecule has 1 saturated heterocycles. The second kappa shape index (κ2) is 5.29. The number of nitrogens with zero attached hydrogens (tertiary/aromatic N) is 2. The van der Waals surface area contributed by atoms with Crippen molar-refractivity contribution in [1.82, 2.24) is 4.31 Å². The smallest absolute Gasteiger partial charge is 0.243 e. The summed E-state index contributed by atoms with van der Waals surface area (Å²) in [6.07, 6.45) is 1.63. The van der Waals surface area contributed by atoms with Crippen LogP contribution in [-0.2, 0) is 10.0 Å². The maximum absolute atomic E-state index is 12.6. The zero-order chi connectivity index (χ0) is 14.0. The van der Waals surface area contributed by atoms with E-state index in [1.54, 1.807) is 19.1 Å². The summed E-state index contributed by atoms with van der Waals surface area (Å²) in [6.45, 7) is 2.57. The SMILES string of the molecule is Cc1ccc(C#N)cc1S(=O)(=O)N1CCCC(N)C1. The summed E-state index contributed by atoms with van der Waals surface area (Å²) in [5.74, 6) is 0. The molecule has 0 aliphatic carbocycles. The molecule has 1 aliphatic heterocycles. The monoisotopic (exact) mass is 279 g/mol. The number of nitrogens with two attached hydrogens (primary N) is 1. The maximum atomic E-state index is 12.6. The molecule has 6 heteroatoms. The molecule has 0 amide bonds. The van der Waals surface area contributed by atoms with Crippen molar-refractivity contribution in [3.63, 3.8) is 0 Å². The van der Waals surface area contributed by atoms with E-state index in [0.717, 1.165) is 12.8 Å². The molecule has 102 valence electrons. The van der Waals surface area contributed by atoms with E-state index in [2.05, 4.69) is 0 Å². The van der Waals surface area contributed by atoms with Crippen LogP contribution in [0, 0.1) is 18.3 Å². The molecule has 1 fully saturated rings. The van der Waals surface area contributed by atoms with Gasteiger partial charge in [0, 0.05) is 19.1 Å². The molecule has 0 aromatic heterocycles. The van der Waals surface area contributed by atoms with Gasteiger partial charge >= 0.3 is 0 Å². The Morgan fingerprint density at radius 1 is 1.47 bits per heavy atom. The zero-order valence-corrected chi connectivity index (χ0v) is 11.7. The molecule has 1 aliphatic rings. The minimum absolute atomic E-state index is 0.108. The highest BCUT2D eigenvalue weighted by molar-refractivity contribution is 7.89. The molecule has 2 N–H and O–H groups in total. The first kappa shape index (κ1) is 14.0. The van der Waals surface area contributed by atoms with Crippen molar-refractivity contribution in [3.8, 4) is 6.07 Å². The van der Waals surface area contributed by atoms with Crippen LogP contribution >= 0.6 is 0 Å². The van der Waals surface area contributed by atoms with Crippen molar-refractivity contribution >= 4 is 10.0 Å². The molecule has 0 spiro atoms. The summed E-state index contributed by atoms with van der Waals surface area (Å²) in [6, 6.07) is 6.58. The Bertz CT molecular complexity index is 619. The van der Waals surface area contributed by atoms with Gasteiger partial charge < -0.3 is 5.73 Å². The second-order valence-corrected chi connectivity index (χ2v) is 6.76. The van der Waals surface area contributed by atoms with Crippen LogP contribution < -0.4 is 5.73 Å². The first-order chi connectivity index (χ1) is 8.95. The Labute approximate surface area is 113 Å².